The summed E-state index contributed by atoms with van der Waals surface area (Å²) in [5, 5.41) is 2.91. The van der Waals surface area contributed by atoms with E-state index >= 15 is 0 Å². The zero-order valence-electron chi connectivity index (χ0n) is 20.9. The molecule has 0 aromatic heterocycles. The Kier molecular flexibility index (Phi) is 7.44. The highest BCUT2D eigenvalue weighted by atomic mass is 16.2. The zero-order valence-corrected chi connectivity index (χ0v) is 20.9. The third-order valence-corrected chi connectivity index (χ3v) is 6.79. The van der Waals surface area contributed by atoms with E-state index in [0.717, 1.165) is 24.0 Å². The Morgan fingerprint density at radius 2 is 1.39 bits per heavy atom. The molecule has 0 aliphatic carbocycles. The molecule has 0 bridgehead atoms. The molecule has 1 aliphatic rings. The lowest BCUT2D eigenvalue weighted by molar-refractivity contribution is -0.129. The van der Waals surface area contributed by atoms with Crippen molar-refractivity contribution in [2.45, 2.75) is 39.2 Å². The zero-order chi connectivity index (χ0) is 25.7. The molecule has 0 fully saturated rings. The van der Waals surface area contributed by atoms with Crippen molar-refractivity contribution in [1.29, 1.82) is 0 Å². The van der Waals surface area contributed by atoms with Gasteiger partial charge in [-0.1, -0.05) is 74.5 Å². The highest BCUT2D eigenvalue weighted by Gasteiger charge is 2.50. The lowest BCUT2D eigenvalue weighted by Crippen LogP contribution is -2.43. The Hall–Kier alpha value is -4.06. The highest BCUT2D eigenvalue weighted by molar-refractivity contribution is 6.13. The van der Waals surface area contributed by atoms with Crippen molar-refractivity contribution in [2.24, 2.45) is 10.9 Å². The fourth-order valence-corrected chi connectivity index (χ4v) is 4.66. The summed E-state index contributed by atoms with van der Waals surface area (Å²) in [5.74, 6) is -0.0152. The molecule has 4 rings (SSSR count). The van der Waals surface area contributed by atoms with Gasteiger partial charge in [0, 0.05) is 17.2 Å². The minimum Gasteiger partial charge on any atom is -0.326 e. The number of nitrogens with zero attached hydrogens (tertiary/aromatic N) is 2. The van der Waals surface area contributed by atoms with E-state index in [9.17, 15) is 14.4 Å². The van der Waals surface area contributed by atoms with E-state index in [1.807, 2.05) is 74.5 Å². The van der Waals surface area contributed by atoms with Gasteiger partial charge in [0.25, 0.3) is 5.91 Å². The van der Waals surface area contributed by atoms with Gasteiger partial charge in [-0.05, 0) is 55.2 Å². The Morgan fingerprint density at radius 1 is 0.861 bits per heavy atom. The number of nitrogens with one attached hydrogen (secondary N) is 1. The molecule has 36 heavy (non-hydrogen) atoms. The van der Waals surface area contributed by atoms with Gasteiger partial charge in [0.05, 0.1) is 6.54 Å². The number of carbonyl (C=O) groups is 3. The molecule has 0 radical (unpaired) electrons. The van der Waals surface area contributed by atoms with Crippen LogP contribution in [0.15, 0.2) is 89.9 Å². The molecule has 1 aliphatic heterocycles. The van der Waals surface area contributed by atoms with E-state index in [1.165, 1.54) is 4.90 Å². The number of amidine groups is 1. The smallest absolute Gasteiger partial charge is 0.265 e. The van der Waals surface area contributed by atoms with Crippen molar-refractivity contribution in [3.05, 3.63) is 102 Å². The second kappa shape index (κ2) is 10.7. The van der Waals surface area contributed by atoms with E-state index < -0.39 is 5.54 Å². The van der Waals surface area contributed by atoms with Crippen LogP contribution in [0.4, 0.5) is 5.69 Å². The fraction of sp³-hybridized carbons (Fsp3) is 0.267. The van der Waals surface area contributed by atoms with Crippen LogP contribution >= 0.6 is 0 Å². The molecule has 2 amide bonds. The summed E-state index contributed by atoms with van der Waals surface area (Å²) in [6.45, 7) is 5.62. The summed E-state index contributed by atoms with van der Waals surface area (Å²) >= 11 is 0. The molecule has 3 aromatic rings. The van der Waals surface area contributed by atoms with Crippen molar-refractivity contribution in [3.8, 4) is 0 Å². The van der Waals surface area contributed by atoms with E-state index in [0.29, 0.717) is 17.1 Å². The summed E-state index contributed by atoms with van der Waals surface area (Å²) in [4.78, 5) is 45.7. The van der Waals surface area contributed by atoms with Crippen LogP contribution in [0.1, 0.15) is 55.1 Å². The van der Waals surface area contributed by atoms with Crippen LogP contribution in [0.3, 0.4) is 0 Å². The van der Waals surface area contributed by atoms with Gasteiger partial charge in [-0.25, -0.2) is 4.99 Å². The number of hydrogen-bond acceptors (Lipinski definition) is 4. The number of benzene rings is 3. The first kappa shape index (κ1) is 25.0. The minimum atomic E-state index is -1.23. The maximum atomic E-state index is 13.9. The van der Waals surface area contributed by atoms with Crippen LogP contribution < -0.4 is 5.32 Å². The molecular formula is C30H31N3O3. The monoisotopic (exact) mass is 481 g/mol. The molecule has 1 N–H and O–H groups in total. The number of Topliss-reactive ketones (excluding diaryl/α,β-unsaturated/α-hetero) is 1. The standard InChI is InChI=1S/C30H31N3O3/c1-4-22(5-2)28(35)31-26-18-16-23(17-19-26)27(34)20-33-21(3)32-30(29(33)36,24-12-8-6-9-13-24)25-14-10-7-11-15-25/h6-19,22H,4-5,20H2,1-3H3,(H,31,35). The fourth-order valence-electron chi connectivity index (χ4n) is 4.66. The van der Waals surface area contributed by atoms with Crippen molar-refractivity contribution in [1.82, 2.24) is 4.90 Å². The van der Waals surface area contributed by atoms with E-state index in [-0.39, 0.29) is 30.1 Å². The first-order valence-corrected chi connectivity index (χ1v) is 12.3. The number of ketones is 1. The predicted octanol–water partition coefficient (Wildman–Crippen LogP) is 5.45. The van der Waals surface area contributed by atoms with Gasteiger partial charge in [0.15, 0.2) is 11.3 Å². The quantitative estimate of drug-likeness (QED) is 0.413. The number of hydrogen-bond donors (Lipinski definition) is 1. The average Bonchev–Trinajstić information content (AvgIpc) is 3.16. The molecule has 0 atom stereocenters. The van der Waals surface area contributed by atoms with Crippen molar-refractivity contribution in [3.63, 3.8) is 0 Å². The van der Waals surface area contributed by atoms with Crippen LogP contribution in [0, 0.1) is 5.92 Å². The molecule has 0 saturated carbocycles. The van der Waals surface area contributed by atoms with Gasteiger partial charge in [-0.15, -0.1) is 0 Å². The SMILES string of the molecule is CCC(CC)C(=O)Nc1ccc(C(=O)CN2C(=O)C(c3ccccc3)(c3ccccc3)N=C2C)cc1. The van der Waals surface area contributed by atoms with Crippen molar-refractivity contribution in [2.75, 3.05) is 11.9 Å². The third-order valence-electron chi connectivity index (χ3n) is 6.79. The Bertz CT molecular complexity index is 1220. The van der Waals surface area contributed by atoms with Crippen LogP contribution in [0.2, 0.25) is 0 Å². The molecule has 0 saturated heterocycles. The van der Waals surface area contributed by atoms with Gasteiger partial charge in [0.2, 0.25) is 5.91 Å². The maximum absolute atomic E-state index is 13.9. The van der Waals surface area contributed by atoms with Gasteiger partial charge in [-0.2, -0.15) is 0 Å². The van der Waals surface area contributed by atoms with Crippen molar-refractivity contribution >= 4 is 29.1 Å². The number of amides is 2. The number of aliphatic imine (C=N–C) groups is 1. The van der Waals surface area contributed by atoms with Crippen LogP contribution in [-0.4, -0.2) is 34.9 Å². The number of carbonyl (C=O) groups excluding carboxylic acids is 3. The second-order valence-electron chi connectivity index (χ2n) is 9.00. The lowest BCUT2D eigenvalue weighted by atomic mass is 9.83. The van der Waals surface area contributed by atoms with Crippen LogP contribution in [-0.2, 0) is 15.1 Å². The molecular weight excluding hydrogens is 450 g/mol. The second-order valence-corrected chi connectivity index (χ2v) is 9.00. The molecule has 6 nitrogen and oxygen atoms in total. The molecule has 1 heterocycles. The maximum Gasteiger partial charge on any atom is 0.265 e. The van der Waals surface area contributed by atoms with Gasteiger partial charge < -0.3 is 5.32 Å². The van der Waals surface area contributed by atoms with Crippen molar-refractivity contribution < 1.29 is 14.4 Å². The Morgan fingerprint density at radius 3 is 1.89 bits per heavy atom. The summed E-state index contributed by atoms with van der Waals surface area (Å²) < 4.78 is 0. The Labute approximate surface area is 212 Å². The molecule has 3 aromatic carbocycles. The van der Waals surface area contributed by atoms with Crippen LogP contribution in [0.25, 0.3) is 0 Å². The van der Waals surface area contributed by atoms with E-state index in [1.54, 1.807) is 31.2 Å². The van der Waals surface area contributed by atoms with Gasteiger partial charge in [-0.3, -0.25) is 19.3 Å². The summed E-state index contributed by atoms with van der Waals surface area (Å²) in [6, 6.07) is 25.7. The third kappa shape index (κ3) is 4.71. The highest BCUT2D eigenvalue weighted by Crippen LogP contribution is 2.40. The molecule has 0 unspecified atom stereocenters. The minimum absolute atomic E-state index is 0.0215. The summed E-state index contributed by atoms with van der Waals surface area (Å²) in [5.41, 5.74) is 1.40. The van der Waals surface area contributed by atoms with E-state index in [4.69, 9.17) is 4.99 Å². The lowest BCUT2D eigenvalue weighted by Gasteiger charge is -2.27. The number of rotatable bonds is 9. The molecule has 184 valence electrons. The van der Waals surface area contributed by atoms with Gasteiger partial charge in [0.1, 0.15) is 5.84 Å². The van der Waals surface area contributed by atoms with E-state index in [2.05, 4.69) is 5.32 Å². The first-order valence-electron chi connectivity index (χ1n) is 12.3. The van der Waals surface area contributed by atoms with Crippen LogP contribution in [0.5, 0.6) is 0 Å². The average molecular weight is 482 g/mol. The van der Waals surface area contributed by atoms with Gasteiger partial charge >= 0.3 is 0 Å². The first-order chi connectivity index (χ1) is 17.4. The molecule has 0 spiro atoms. The summed E-state index contributed by atoms with van der Waals surface area (Å²) in [7, 11) is 0. The topological polar surface area (TPSA) is 78.8 Å². The molecule has 6 heteroatoms. The normalized spacial score (nSPS) is 14.6. The largest absolute Gasteiger partial charge is 0.326 e. The predicted molar refractivity (Wildman–Crippen MR) is 142 cm³/mol. The summed E-state index contributed by atoms with van der Waals surface area (Å²) in [6.07, 6.45) is 1.55. The Balaban J connectivity index is 1.55. The number of anilines is 1.